The topological polar surface area (TPSA) is 3.24 Å². The second kappa shape index (κ2) is 6.83. The summed E-state index contributed by atoms with van der Waals surface area (Å²) in [5.74, 6) is 0. The molecular formula is C11H24BrN. The van der Waals surface area contributed by atoms with Crippen LogP contribution in [-0.2, 0) is 0 Å². The van der Waals surface area contributed by atoms with Crippen LogP contribution >= 0.6 is 15.9 Å². The molecule has 2 heteroatoms. The van der Waals surface area contributed by atoms with Crippen molar-refractivity contribution in [2.24, 2.45) is 5.41 Å². The van der Waals surface area contributed by atoms with Gasteiger partial charge in [0.05, 0.1) is 0 Å². The summed E-state index contributed by atoms with van der Waals surface area (Å²) in [5, 5.41) is 1.13. The van der Waals surface area contributed by atoms with E-state index in [-0.39, 0.29) is 0 Å². The van der Waals surface area contributed by atoms with Crippen LogP contribution in [0.5, 0.6) is 0 Å². The molecule has 0 aromatic rings. The molecule has 80 valence electrons. The Morgan fingerprint density at radius 1 is 1.00 bits per heavy atom. The molecule has 0 amide bonds. The molecule has 0 bridgehead atoms. The highest BCUT2D eigenvalue weighted by molar-refractivity contribution is 9.09. The molecule has 0 rings (SSSR count). The molecule has 0 unspecified atom stereocenters. The van der Waals surface area contributed by atoms with Crippen molar-refractivity contribution in [1.82, 2.24) is 4.90 Å². The Kier molecular flexibility index (Phi) is 7.06. The van der Waals surface area contributed by atoms with Crippen molar-refractivity contribution >= 4 is 15.9 Å². The second-order valence-corrected chi connectivity index (χ2v) is 4.36. The maximum absolute atomic E-state index is 3.65. The summed E-state index contributed by atoms with van der Waals surface area (Å²) in [7, 11) is 0. The maximum atomic E-state index is 3.65. The van der Waals surface area contributed by atoms with Gasteiger partial charge in [-0.1, -0.05) is 43.6 Å². The van der Waals surface area contributed by atoms with Crippen LogP contribution in [0.25, 0.3) is 0 Å². The summed E-state index contributed by atoms with van der Waals surface area (Å²) >= 11 is 3.65. The van der Waals surface area contributed by atoms with Crippen molar-refractivity contribution in [3.05, 3.63) is 0 Å². The summed E-state index contributed by atoms with van der Waals surface area (Å²) < 4.78 is 0. The summed E-state index contributed by atoms with van der Waals surface area (Å²) in [4.78, 5) is 2.52. The molecule has 1 nitrogen and oxygen atoms in total. The van der Waals surface area contributed by atoms with E-state index in [4.69, 9.17) is 0 Å². The van der Waals surface area contributed by atoms with E-state index in [1.807, 2.05) is 0 Å². The lowest BCUT2D eigenvalue weighted by Crippen LogP contribution is -2.38. The molecule has 0 heterocycles. The van der Waals surface area contributed by atoms with E-state index in [2.05, 4.69) is 48.5 Å². The summed E-state index contributed by atoms with van der Waals surface area (Å²) in [6.45, 7) is 12.7. The molecule has 0 aliphatic carbocycles. The van der Waals surface area contributed by atoms with Crippen molar-refractivity contribution in [2.45, 2.75) is 40.5 Å². The number of rotatable bonds is 7. The van der Waals surface area contributed by atoms with Crippen LogP contribution < -0.4 is 0 Å². The van der Waals surface area contributed by atoms with Crippen molar-refractivity contribution in [3.8, 4) is 0 Å². The monoisotopic (exact) mass is 249 g/mol. The fourth-order valence-electron chi connectivity index (χ4n) is 1.63. The number of hydrogen-bond acceptors (Lipinski definition) is 1. The van der Waals surface area contributed by atoms with Gasteiger partial charge in [-0.3, -0.25) is 0 Å². The highest BCUT2D eigenvalue weighted by Crippen LogP contribution is 2.29. The molecule has 0 aromatic carbocycles. The highest BCUT2D eigenvalue weighted by Gasteiger charge is 2.26. The van der Waals surface area contributed by atoms with Crippen LogP contribution in [0.15, 0.2) is 0 Å². The third-order valence-electron chi connectivity index (χ3n) is 3.24. The minimum Gasteiger partial charge on any atom is -0.303 e. The minimum absolute atomic E-state index is 0.492. The van der Waals surface area contributed by atoms with Gasteiger partial charge >= 0.3 is 0 Å². The minimum atomic E-state index is 0.492. The van der Waals surface area contributed by atoms with Gasteiger partial charge < -0.3 is 4.90 Å². The van der Waals surface area contributed by atoms with Crippen LogP contribution in [0.1, 0.15) is 40.5 Å². The molecular weight excluding hydrogens is 226 g/mol. The molecule has 0 saturated carbocycles. The third-order valence-corrected chi connectivity index (χ3v) is 4.43. The Morgan fingerprint density at radius 3 is 1.69 bits per heavy atom. The zero-order valence-corrected chi connectivity index (χ0v) is 11.2. The SMILES string of the molecule is CCN(CC)CC(CC)(CC)CBr. The maximum Gasteiger partial charge on any atom is 0.01000 e. The smallest absolute Gasteiger partial charge is 0.01000 e. The van der Waals surface area contributed by atoms with E-state index in [0.717, 1.165) is 5.33 Å². The Bertz CT molecular complexity index is 109. The number of halogens is 1. The summed E-state index contributed by atoms with van der Waals surface area (Å²) in [6.07, 6.45) is 2.54. The average Bonchev–Trinajstić information content (AvgIpc) is 2.21. The number of hydrogen-bond donors (Lipinski definition) is 0. The van der Waals surface area contributed by atoms with Crippen LogP contribution in [-0.4, -0.2) is 29.9 Å². The van der Waals surface area contributed by atoms with Gasteiger partial charge in [0.25, 0.3) is 0 Å². The Balaban J connectivity index is 4.21. The van der Waals surface area contributed by atoms with E-state index in [9.17, 15) is 0 Å². The molecule has 13 heavy (non-hydrogen) atoms. The molecule has 0 N–H and O–H groups in total. The van der Waals surface area contributed by atoms with E-state index >= 15 is 0 Å². The zero-order valence-electron chi connectivity index (χ0n) is 9.57. The molecule has 0 aromatic heterocycles. The fourth-order valence-corrected chi connectivity index (χ4v) is 2.60. The van der Waals surface area contributed by atoms with Crippen molar-refractivity contribution < 1.29 is 0 Å². The van der Waals surface area contributed by atoms with Crippen LogP contribution in [0, 0.1) is 5.41 Å². The van der Waals surface area contributed by atoms with E-state index in [0.29, 0.717) is 5.41 Å². The number of alkyl halides is 1. The Morgan fingerprint density at radius 2 is 1.46 bits per heavy atom. The van der Waals surface area contributed by atoms with Crippen LogP contribution in [0.4, 0.5) is 0 Å². The summed E-state index contributed by atoms with van der Waals surface area (Å²) in [5.41, 5.74) is 0.492. The van der Waals surface area contributed by atoms with Crippen molar-refractivity contribution in [1.29, 1.82) is 0 Å². The molecule has 0 spiro atoms. The molecule has 0 aliphatic rings. The standard InChI is InChI=1S/C11H24BrN/c1-5-11(6-2,9-12)10-13(7-3)8-4/h5-10H2,1-4H3. The van der Waals surface area contributed by atoms with E-state index in [1.165, 1.54) is 32.5 Å². The highest BCUT2D eigenvalue weighted by atomic mass is 79.9. The van der Waals surface area contributed by atoms with Crippen molar-refractivity contribution in [3.63, 3.8) is 0 Å². The predicted octanol–water partition coefficient (Wildman–Crippen LogP) is 3.53. The molecule has 0 radical (unpaired) electrons. The lowest BCUT2D eigenvalue weighted by atomic mass is 9.84. The first-order chi connectivity index (χ1) is 6.17. The van der Waals surface area contributed by atoms with Gasteiger partial charge in [0, 0.05) is 11.9 Å². The average molecular weight is 250 g/mol. The van der Waals surface area contributed by atoms with Gasteiger partial charge in [0.15, 0.2) is 0 Å². The second-order valence-electron chi connectivity index (χ2n) is 3.80. The number of nitrogens with zero attached hydrogens (tertiary/aromatic N) is 1. The Hall–Kier alpha value is 0.440. The first-order valence-electron chi connectivity index (χ1n) is 5.46. The first-order valence-corrected chi connectivity index (χ1v) is 6.58. The molecule has 0 aliphatic heterocycles. The van der Waals surface area contributed by atoms with E-state index in [1.54, 1.807) is 0 Å². The van der Waals surface area contributed by atoms with Crippen LogP contribution in [0.2, 0.25) is 0 Å². The zero-order chi connectivity index (χ0) is 10.3. The van der Waals surface area contributed by atoms with Gasteiger partial charge in [-0.15, -0.1) is 0 Å². The van der Waals surface area contributed by atoms with Gasteiger partial charge in [0.2, 0.25) is 0 Å². The predicted molar refractivity (Wildman–Crippen MR) is 64.6 cm³/mol. The van der Waals surface area contributed by atoms with Crippen LogP contribution in [0.3, 0.4) is 0 Å². The lowest BCUT2D eigenvalue weighted by molar-refractivity contribution is 0.170. The van der Waals surface area contributed by atoms with Crippen molar-refractivity contribution in [2.75, 3.05) is 25.0 Å². The largest absolute Gasteiger partial charge is 0.303 e. The third kappa shape index (κ3) is 3.99. The van der Waals surface area contributed by atoms with Gasteiger partial charge in [-0.2, -0.15) is 0 Å². The normalized spacial score (nSPS) is 12.5. The lowest BCUT2D eigenvalue weighted by Gasteiger charge is -2.35. The fraction of sp³-hybridized carbons (Fsp3) is 1.00. The first kappa shape index (κ1) is 13.4. The van der Waals surface area contributed by atoms with Gasteiger partial charge in [-0.05, 0) is 31.3 Å². The van der Waals surface area contributed by atoms with E-state index < -0.39 is 0 Å². The van der Waals surface area contributed by atoms with Gasteiger partial charge in [0.1, 0.15) is 0 Å². The molecule has 0 atom stereocenters. The Labute approximate surface area is 92.0 Å². The summed E-state index contributed by atoms with van der Waals surface area (Å²) in [6, 6.07) is 0. The molecule has 0 saturated heterocycles. The van der Waals surface area contributed by atoms with Gasteiger partial charge in [-0.25, -0.2) is 0 Å². The quantitative estimate of drug-likeness (QED) is 0.625. The molecule has 0 fully saturated rings.